The van der Waals surface area contributed by atoms with E-state index >= 15 is 0 Å². The number of carbonyl (C=O) groups is 1. The van der Waals surface area contributed by atoms with E-state index in [1.807, 2.05) is 13.0 Å². The maximum absolute atomic E-state index is 10.9. The van der Waals surface area contributed by atoms with Crippen LogP contribution in [0.25, 0.3) is 11.0 Å². The number of fused-ring (bicyclic) bond motifs is 1. The Balaban J connectivity index is 2.48. The largest absolute Gasteiger partial charge is 0.478 e. The Morgan fingerprint density at radius 3 is 3.00 bits per heavy atom. The van der Waals surface area contributed by atoms with Gasteiger partial charge in [-0.05, 0) is 13.0 Å². The summed E-state index contributed by atoms with van der Waals surface area (Å²) in [4.78, 5) is 10.9. The van der Waals surface area contributed by atoms with Crippen molar-refractivity contribution in [2.24, 2.45) is 0 Å². The molecule has 0 aliphatic heterocycles. The topological polar surface area (TPSA) is 59.7 Å². The van der Waals surface area contributed by atoms with Crippen molar-refractivity contribution >= 4 is 16.9 Å². The van der Waals surface area contributed by atoms with Crippen LogP contribution >= 0.6 is 0 Å². The number of rotatable bonds is 4. The Bertz CT molecular complexity index is 513. The molecule has 84 valence electrons. The summed E-state index contributed by atoms with van der Waals surface area (Å²) >= 11 is 0. The predicted octanol–water partition coefficient (Wildman–Crippen LogP) is 2.67. The highest BCUT2D eigenvalue weighted by Gasteiger charge is 2.13. The van der Waals surface area contributed by atoms with Crippen LogP contribution < -0.4 is 0 Å². The zero-order valence-corrected chi connectivity index (χ0v) is 8.90. The van der Waals surface area contributed by atoms with Gasteiger partial charge in [0.05, 0.1) is 12.9 Å². The molecule has 0 fully saturated rings. The smallest absolute Gasteiger partial charge is 0.339 e. The Morgan fingerprint density at radius 1 is 1.50 bits per heavy atom. The molecule has 1 aromatic carbocycles. The van der Waals surface area contributed by atoms with Crippen molar-refractivity contribution in [3.63, 3.8) is 0 Å². The second-order valence-electron chi connectivity index (χ2n) is 3.39. The van der Waals surface area contributed by atoms with Gasteiger partial charge >= 0.3 is 5.97 Å². The highest BCUT2D eigenvalue weighted by atomic mass is 16.5. The van der Waals surface area contributed by atoms with Crippen molar-refractivity contribution in [1.82, 2.24) is 0 Å². The van der Waals surface area contributed by atoms with Crippen LogP contribution in [0.2, 0.25) is 0 Å². The first kappa shape index (κ1) is 10.7. The van der Waals surface area contributed by atoms with Gasteiger partial charge in [-0.3, -0.25) is 0 Å². The van der Waals surface area contributed by atoms with Crippen molar-refractivity contribution in [2.45, 2.75) is 13.5 Å². The third-order valence-electron chi connectivity index (χ3n) is 2.37. The SMILES string of the molecule is CCOCc1coc2c(C(=O)O)cccc12. The maximum atomic E-state index is 10.9. The van der Waals surface area contributed by atoms with E-state index in [0.29, 0.717) is 18.8 Å². The lowest BCUT2D eigenvalue weighted by Crippen LogP contribution is -1.96. The number of ether oxygens (including phenoxy) is 1. The molecule has 0 saturated heterocycles. The Kier molecular flexibility index (Phi) is 2.92. The van der Waals surface area contributed by atoms with E-state index in [1.165, 1.54) is 6.07 Å². The van der Waals surface area contributed by atoms with Crippen molar-refractivity contribution in [2.75, 3.05) is 6.61 Å². The van der Waals surface area contributed by atoms with Gasteiger partial charge in [0.25, 0.3) is 0 Å². The number of hydrogen-bond donors (Lipinski definition) is 1. The number of para-hydroxylation sites is 1. The summed E-state index contributed by atoms with van der Waals surface area (Å²) < 4.78 is 10.6. The van der Waals surface area contributed by atoms with Crippen molar-refractivity contribution in [1.29, 1.82) is 0 Å². The highest BCUT2D eigenvalue weighted by molar-refractivity contribution is 6.01. The molecule has 4 heteroatoms. The van der Waals surface area contributed by atoms with Gasteiger partial charge < -0.3 is 14.3 Å². The van der Waals surface area contributed by atoms with Gasteiger partial charge in [0, 0.05) is 17.6 Å². The minimum atomic E-state index is -0.983. The van der Waals surface area contributed by atoms with Crippen LogP contribution in [0, 0.1) is 0 Å². The van der Waals surface area contributed by atoms with Crippen LogP contribution in [-0.4, -0.2) is 17.7 Å². The molecule has 4 nitrogen and oxygen atoms in total. The van der Waals surface area contributed by atoms with E-state index < -0.39 is 5.97 Å². The summed E-state index contributed by atoms with van der Waals surface area (Å²) in [5.41, 5.74) is 1.46. The van der Waals surface area contributed by atoms with E-state index in [0.717, 1.165) is 10.9 Å². The molecule has 2 rings (SSSR count). The third-order valence-corrected chi connectivity index (χ3v) is 2.37. The van der Waals surface area contributed by atoms with E-state index in [1.54, 1.807) is 12.3 Å². The number of benzene rings is 1. The van der Waals surface area contributed by atoms with Crippen LogP contribution in [0.1, 0.15) is 22.8 Å². The van der Waals surface area contributed by atoms with Crippen LogP contribution in [0.3, 0.4) is 0 Å². The van der Waals surface area contributed by atoms with Gasteiger partial charge in [0.15, 0.2) is 0 Å². The zero-order valence-electron chi connectivity index (χ0n) is 8.90. The zero-order chi connectivity index (χ0) is 11.5. The van der Waals surface area contributed by atoms with Gasteiger partial charge in [-0.25, -0.2) is 4.79 Å². The highest BCUT2D eigenvalue weighted by Crippen LogP contribution is 2.25. The summed E-state index contributed by atoms with van der Waals surface area (Å²) in [5.74, 6) is -0.983. The molecule has 0 aliphatic rings. The fourth-order valence-electron chi connectivity index (χ4n) is 1.60. The van der Waals surface area contributed by atoms with Gasteiger partial charge in [0.1, 0.15) is 11.1 Å². The predicted molar refractivity (Wildman–Crippen MR) is 58.5 cm³/mol. The molecule has 0 amide bonds. The first-order valence-corrected chi connectivity index (χ1v) is 5.04. The van der Waals surface area contributed by atoms with Gasteiger partial charge in [-0.2, -0.15) is 0 Å². The second-order valence-corrected chi connectivity index (χ2v) is 3.39. The molecular weight excluding hydrogens is 208 g/mol. The fraction of sp³-hybridized carbons (Fsp3) is 0.250. The number of carboxylic acid groups (broad SMARTS) is 1. The average Bonchev–Trinajstić information content (AvgIpc) is 2.69. The average molecular weight is 220 g/mol. The monoisotopic (exact) mass is 220 g/mol. The van der Waals surface area contributed by atoms with E-state index in [-0.39, 0.29) is 5.56 Å². The molecule has 0 bridgehead atoms. The molecule has 16 heavy (non-hydrogen) atoms. The molecule has 0 radical (unpaired) electrons. The maximum Gasteiger partial charge on any atom is 0.339 e. The second kappa shape index (κ2) is 4.37. The number of aromatic carboxylic acids is 1. The van der Waals surface area contributed by atoms with E-state index in [2.05, 4.69) is 0 Å². The lowest BCUT2D eigenvalue weighted by atomic mass is 10.1. The normalized spacial score (nSPS) is 10.8. The quantitative estimate of drug-likeness (QED) is 0.860. The Morgan fingerprint density at radius 2 is 2.31 bits per heavy atom. The van der Waals surface area contributed by atoms with Crippen molar-refractivity contribution in [3.05, 3.63) is 35.6 Å². The molecule has 0 unspecified atom stereocenters. The molecule has 1 heterocycles. The van der Waals surface area contributed by atoms with Gasteiger partial charge in [-0.15, -0.1) is 0 Å². The first-order valence-electron chi connectivity index (χ1n) is 5.04. The standard InChI is InChI=1S/C12H12O4/c1-2-15-6-8-7-16-11-9(8)4-3-5-10(11)12(13)14/h3-5,7H,2,6H2,1H3,(H,13,14). The molecule has 2 aromatic rings. The van der Waals surface area contributed by atoms with Crippen molar-refractivity contribution < 1.29 is 19.1 Å². The summed E-state index contributed by atoms with van der Waals surface area (Å²) in [6.07, 6.45) is 1.55. The number of carboxylic acids is 1. The minimum Gasteiger partial charge on any atom is -0.478 e. The molecule has 0 atom stereocenters. The van der Waals surface area contributed by atoms with Gasteiger partial charge in [0.2, 0.25) is 0 Å². The molecule has 0 aliphatic carbocycles. The first-order chi connectivity index (χ1) is 7.74. The van der Waals surface area contributed by atoms with Crippen LogP contribution in [0.15, 0.2) is 28.9 Å². The molecule has 1 N–H and O–H groups in total. The van der Waals surface area contributed by atoms with Crippen molar-refractivity contribution in [3.8, 4) is 0 Å². The van der Waals surface area contributed by atoms with E-state index in [9.17, 15) is 4.79 Å². The van der Waals surface area contributed by atoms with Crippen LogP contribution in [0.5, 0.6) is 0 Å². The van der Waals surface area contributed by atoms with Crippen LogP contribution in [-0.2, 0) is 11.3 Å². The molecular formula is C12H12O4. The molecule has 0 saturated carbocycles. The van der Waals surface area contributed by atoms with Crippen LogP contribution in [0.4, 0.5) is 0 Å². The summed E-state index contributed by atoms with van der Waals surface area (Å²) in [6.45, 7) is 2.96. The summed E-state index contributed by atoms with van der Waals surface area (Å²) in [6, 6.07) is 5.06. The third kappa shape index (κ3) is 1.79. The minimum absolute atomic E-state index is 0.181. The fourth-order valence-corrected chi connectivity index (χ4v) is 1.60. The Labute approximate surface area is 92.4 Å². The number of hydrogen-bond acceptors (Lipinski definition) is 3. The number of furan rings is 1. The lowest BCUT2D eigenvalue weighted by Gasteiger charge is -1.99. The van der Waals surface area contributed by atoms with E-state index in [4.69, 9.17) is 14.3 Å². The van der Waals surface area contributed by atoms with Gasteiger partial charge in [-0.1, -0.05) is 12.1 Å². The lowest BCUT2D eigenvalue weighted by molar-refractivity contribution is 0.0698. The molecule has 0 spiro atoms. The summed E-state index contributed by atoms with van der Waals surface area (Å²) in [5, 5.41) is 9.78. The molecule has 1 aromatic heterocycles. The Hall–Kier alpha value is -1.81. The summed E-state index contributed by atoms with van der Waals surface area (Å²) in [7, 11) is 0.